The standard InChI is InChI=1S/C16H29N3O4S/c1-3-13-24(22,23)19-8-4-7-18(11-12-19)16(21)15-5-9-17(10-6-15)14(2)20/h15H,3-13H2,1-2H3. The van der Waals surface area contributed by atoms with Gasteiger partial charge in [0.25, 0.3) is 0 Å². The second kappa shape index (κ2) is 8.29. The first-order valence-corrected chi connectivity index (χ1v) is 10.5. The summed E-state index contributed by atoms with van der Waals surface area (Å²) in [7, 11) is -3.20. The fourth-order valence-electron chi connectivity index (χ4n) is 3.48. The smallest absolute Gasteiger partial charge is 0.225 e. The Kier molecular flexibility index (Phi) is 6.62. The molecule has 0 saturated carbocycles. The fraction of sp³-hybridized carbons (Fsp3) is 0.875. The summed E-state index contributed by atoms with van der Waals surface area (Å²) in [5.74, 6) is 0.310. The van der Waals surface area contributed by atoms with Gasteiger partial charge in [0.05, 0.1) is 5.75 Å². The summed E-state index contributed by atoms with van der Waals surface area (Å²) < 4.78 is 25.9. The highest BCUT2D eigenvalue weighted by atomic mass is 32.2. The summed E-state index contributed by atoms with van der Waals surface area (Å²) in [6, 6.07) is 0. The number of carbonyl (C=O) groups excluding carboxylic acids is 2. The van der Waals surface area contributed by atoms with Gasteiger partial charge in [0, 0.05) is 52.1 Å². The average molecular weight is 359 g/mol. The molecule has 2 saturated heterocycles. The van der Waals surface area contributed by atoms with Crippen molar-refractivity contribution in [1.29, 1.82) is 0 Å². The Hall–Kier alpha value is -1.15. The lowest BCUT2D eigenvalue weighted by Gasteiger charge is -2.33. The molecule has 0 aromatic heterocycles. The number of likely N-dealkylation sites (tertiary alicyclic amines) is 1. The normalized spacial score (nSPS) is 21.6. The minimum Gasteiger partial charge on any atom is -0.343 e. The molecule has 2 amide bonds. The molecule has 2 fully saturated rings. The molecule has 2 heterocycles. The molecule has 2 rings (SSSR count). The van der Waals surface area contributed by atoms with Crippen LogP contribution in [0, 0.1) is 5.92 Å². The van der Waals surface area contributed by atoms with E-state index in [2.05, 4.69) is 0 Å². The van der Waals surface area contributed by atoms with E-state index in [-0.39, 0.29) is 23.5 Å². The Labute approximate surface area is 145 Å². The van der Waals surface area contributed by atoms with Crippen LogP contribution in [-0.2, 0) is 19.6 Å². The van der Waals surface area contributed by atoms with Crippen LogP contribution in [0.25, 0.3) is 0 Å². The fourth-order valence-corrected chi connectivity index (χ4v) is 5.02. The molecule has 0 atom stereocenters. The number of piperidine rings is 1. The number of hydrogen-bond donors (Lipinski definition) is 0. The first kappa shape index (κ1) is 19.2. The molecular weight excluding hydrogens is 330 g/mol. The van der Waals surface area contributed by atoms with Gasteiger partial charge in [-0.15, -0.1) is 0 Å². The van der Waals surface area contributed by atoms with Gasteiger partial charge < -0.3 is 9.80 Å². The lowest BCUT2D eigenvalue weighted by Crippen LogP contribution is -2.45. The second-order valence-electron chi connectivity index (χ2n) is 6.67. The number of hydrogen-bond acceptors (Lipinski definition) is 4. The van der Waals surface area contributed by atoms with Crippen LogP contribution in [0.2, 0.25) is 0 Å². The summed E-state index contributed by atoms with van der Waals surface area (Å²) in [4.78, 5) is 27.7. The lowest BCUT2D eigenvalue weighted by atomic mass is 9.95. The third-order valence-electron chi connectivity index (χ3n) is 4.91. The van der Waals surface area contributed by atoms with Gasteiger partial charge in [0.2, 0.25) is 21.8 Å². The van der Waals surface area contributed by atoms with Crippen LogP contribution in [0.5, 0.6) is 0 Å². The molecule has 138 valence electrons. The van der Waals surface area contributed by atoms with Crippen LogP contribution < -0.4 is 0 Å². The Morgan fingerprint density at radius 1 is 0.958 bits per heavy atom. The van der Waals surface area contributed by atoms with Gasteiger partial charge in [-0.05, 0) is 25.7 Å². The van der Waals surface area contributed by atoms with Gasteiger partial charge in [-0.25, -0.2) is 12.7 Å². The van der Waals surface area contributed by atoms with Gasteiger partial charge in [-0.3, -0.25) is 9.59 Å². The number of amides is 2. The zero-order chi connectivity index (χ0) is 17.7. The summed E-state index contributed by atoms with van der Waals surface area (Å²) in [5, 5.41) is 0. The zero-order valence-corrected chi connectivity index (χ0v) is 15.6. The van der Waals surface area contributed by atoms with Crippen LogP contribution in [0.3, 0.4) is 0 Å². The molecule has 2 aliphatic heterocycles. The topological polar surface area (TPSA) is 78.0 Å². The van der Waals surface area contributed by atoms with E-state index in [9.17, 15) is 18.0 Å². The monoisotopic (exact) mass is 359 g/mol. The summed E-state index contributed by atoms with van der Waals surface area (Å²) in [5.41, 5.74) is 0. The first-order valence-electron chi connectivity index (χ1n) is 8.87. The van der Waals surface area contributed by atoms with E-state index in [1.54, 1.807) is 11.8 Å². The van der Waals surface area contributed by atoms with E-state index in [0.717, 1.165) is 0 Å². The Morgan fingerprint density at radius 3 is 2.21 bits per heavy atom. The summed E-state index contributed by atoms with van der Waals surface area (Å²) in [6.07, 6.45) is 2.69. The van der Waals surface area contributed by atoms with Crippen molar-refractivity contribution in [3.05, 3.63) is 0 Å². The molecule has 0 N–H and O–H groups in total. The van der Waals surface area contributed by atoms with E-state index in [1.807, 2.05) is 11.8 Å². The Balaban J connectivity index is 1.90. The SMILES string of the molecule is CCCS(=O)(=O)N1CCCN(C(=O)C2CCN(C(C)=O)CC2)CC1. The molecule has 0 radical (unpaired) electrons. The number of sulfonamides is 1. The highest BCUT2D eigenvalue weighted by Crippen LogP contribution is 2.21. The summed E-state index contributed by atoms with van der Waals surface area (Å²) >= 11 is 0. The summed E-state index contributed by atoms with van der Waals surface area (Å²) in [6.45, 7) is 6.65. The van der Waals surface area contributed by atoms with Crippen LogP contribution in [-0.4, -0.2) is 79.4 Å². The molecular formula is C16H29N3O4S. The Morgan fingerprint density at radius 2 is 1.62 bits per heavy atom. The largest absolute Gasteiger partial charge is 0.343 e. The Bertz CT molecular complexity index is 556. The molecule has 0 spiro atoms. The molecule has 8 heteroatoms. The number of nitrogens with zero attached hydrogens (tertiary/aromatic N) is 3. The van der Waals surface area contributed by atoms with Crippen molar-refractivity contribution in [2.75, 3.05) is 45.0 Å². The minimum atomic E-state index is -3.20. The molecule has 0 aromatic rings. The third-order valence-corrected chi connectivity index (χ3v) is 6.99. The molecule has 7 nitrogen and oxygen atoms in total. The van der Waals surface area contributed by atoms with Crippen molar-refractivity contribution in [3.8, 4) is 0 Å². The van der Waals surface area contributed by atoms with Crippen molar-refractivity contribution in [1.82, 2.24) is 14.1 Å². The van der Waals surface area contributed by atoms with Gasteiger partial charge in [-0.2, -0.15) is 0 Å². The van der Waals surface area contributed by atoms with Crippen LogP contribution in [0.15, 0.2) is 0 Å². The van der Waals surface area contributed by atoms with Crippen molar-refractivity contribution in [2.24, 2.45) is 5.92 Å². The van der Waals surface area contributed by atoms with E-state index in [4.69, 9.17) is 0 Å². The molecule has 24 heavy (non-hydrogen) atoms. The third kappa shape index (κ3) is 4.69. The maximum absolute atomic E-state index is 12.7. The number of rotatable bonds is 4. The first-order chi connectivity index (χ1) is 11.3. The van der Waals surface area contributed by atoms with Crippen LogP contribution in [0.1, 0.15) is 39.5 Å². The predicted octanol–water partition coefficient (Wildman–Crippen LogP) is 0.519. The average Bonchev–Trinajstić information content (AvgIpc) is 2.81. The minimum absolute atomic E-state index is 0.0422. The molecule has 0 bridgehead atoms. The maximum Gasteiger partial charge on any atom is 0.225 e. The van der Waals surface area contributed by atoms with Crippen molar-refractivity contribution in [3.63, 3.8) is 0 Å². The molecule has 0 aromatic carbocycles. The maximum atomic E-state index is 12.7. The van der Waals surface area contributed by atoms with E-state index >= 15 is 0 Å². The highest BCUT2D eigenvalue weighted by molar-refractivity contribution is 7.89. The number of carbonyl (C=O) groups is 2. The predicted molar refractivity (Wildman–Crippen MR) is 91.8 cm³/mol. The van der Waals surface area contributed by atoms with Crippen LogP contribution in [0.4, 0.5) is 0 Å². The molecule has 2 aliphatic rings. The van der Waals surface area contributed by atoms with Crippen molar-refractivity contribution in [2.45, 2.75) is 39.5 Å². The molecule has 0 aliphatic carbocycles. The van der Waals surface area contributed by atoms with Crippen LogP contribution >= 0.6 is 0 Å². The lowest BCUT2D eigenvalue weighted by molar-refractivity contribution is -0.139. The van der Waals surface area contributed by atoms with Gasteiger partial charge >= 0.3 is 0 Å². The van der Waals surface area contributed by atoms with E-state index in [1.165, 1.54) is 4.31 Å². The van der Waals surface area contributed by atoms with Gasteiger partial charge in [-0.1, -0.05) is 6.92 Å². The molecule has 0 unspecified atom stereocenters. The van der Waals surface area contributed by atoms with Gasteiger partial charge in [0.1, 0.15) is 0 Å². The second-order valence-corrected chi connectivity index (χ2v) is 8.76. The van der Waals surface area contributed by atoms with Crippen molar-refractivity contribution < 1.29 is 18.0 Å². The quantitative estimate of drug-likeness (QED) is 0.733. The highest BCUT2D eigenvalue weighted by Gasteiger charge is 2.31. The van der Waals surface area contributed by atoms with E-state index in [0.29, 0.717) is 65.0 Å². The zero-order valence-electron chi connectivity index (χ0n) is 14.7. The van der Waals surface area contributed by atoms with E-state index < -0.39 is 10.0 Å². The van der Waals surface area contributed by atoms with Gasteiger partial charge in [0.15, 0.2) is 0 Å². The van der Waals surface area contributed by atoms with Crippen molar-refractivity contribution >= 4 is 21.8 Å².